The molecular formula is C23H30N2O6S. The molecule has 1 aliphatic heterocycles. The van der Waals surface area contributed by atoms with Crippen molar-refractivity contribution in [3.05, 3.63) is 53.6 Å². The summed E-state index contributed by atoms with van der Waals surface area (Å²) in [6.07, 6.45) is 0.564. The van der Waals surface area contributed by atoms with E-state index in [0.29, 0.717) is 44.0 Å². The molecule has 1 saturated heterocycles. The van der Waals surface area contributed by atoms with Crippen LogP contribution >= 0.6 is 0 Å². The fourth-order valence-electron chi connectivity index (χ4n) is 3.58. The number of nitrogens with one attached hydrogen (secondary N) is 1. The molecule has 2 aromatic rings. The summed E-state index contributed by atoms with van der Waals surface area (Å²) in [7, 11) is -0.487. The summed E-state index contributed by atoms with van der Waals surface area (Å²) >= 11 is 0. The van der Waals surface area contributed by atoms with Gasteiger partial charge in [0.1, 0.15) is 11.5 Å². The lowest BCUT2D eigenvalue weighted by Crippen LogP contribution is -2.40. The van der Waals surface area contributed by atoms with E-state index in [9.17, 15) is 13.2 Å². The lowest BCUT2D eigenvalue weighted by atomic mass is 10.1. The first-order valence-electron chi connectivity index (χ1n) is 10.5. The van der Waals surface area contributed by atoms with Gasteiger partial charge in [-0.3, -0.25) is 4.79 Å². The minimum Gasteiger partial charge on any atom is -0.497 e. The Kier molecular flexibility index (Phi) is 8.11. The monoisotopic (exact) mass is 462 g/mol. The lowest BCUT2D eigenvalue weighted by Gasteiger charge is -2.26. The molecule has 1 heterocycles. The van der Waals surface area contributed by atoms with Gasteiger partial charge in [0.05, 0.1) is 38.4 Å². The number of aryl methyl sites for hydroxylation is 1. The van der Waals surface area contributed by atoms with Crippen molar-refractivity contribution < 1.29 is 27.4 Å². The minimum atomic E-state index is -3.62. The number of amides is 1. The first kappa shape index (κ1) is 24.0. The van der Waals surface area contributed by atoms with Gasteiger partial charge in [-0.25, -0.2) is 8.42 Å². The standard InChI is InChI=1S/C23H30N2O6S/c1-17(18-4-7-20(29-2)8-5-18)24-23(26)11-6-19-16-21(9-10-22(19)30-3)32(27,28)25-12-14-31-15-13-25/h4-5,7-10,16-17H,6,11-15H2,1-3H3,(H,24,26)/t17-/m1/s1. The number of ether oxygens (including phenoxy) is 3. The van der Waals surface area contributed by atoms with Crippen molar-refractivity contribution in [2.45, 2.75) is 30.7 Å². The molecule has 32 heavy (non-hydrogen) atoms. The number of morpholine rings is 1. The Morgan fingerprint density at radius 1 is 1.09 bits per heavy atom. The molecule has 9 heteroatoms. The van der Waals surface area contributed by atoms with Crippen molar-refractivity contribution in [3.8, 4) is 11.5 Å². The Morgan fingerprint density at radius 3 is 2.41 bits per heavy atom. The molecule has 1 N–H and O–H groups in total. The molecule has 174 valence electrons. The predicted octanol–water partition coefficient (Wildman–Crippen LogP) is 2.53. The van der Waals surface area contributed by atoms with E-state index < -0.39 is 10.0 Å². The summed E-state index contributed by atoms with van der Waals surface area (Å²) in [6.45, 7) is 3.34. The van der Waals surface area contributed by atoms with E-state index in [2.05, 4.69) is 5.32 Å². The number of hydrogen-bond acceptors (Lipinski definition) is 6. The fraction of sp³-hybridized carbons (Fsp3) is 0.435. The smallest absolute Gasteiger partial charge is 0.243 e. The van der Waals surface area contributed by atoms with Crippen LogP contribution in [0.1, 0.15) is 30.5 Å². The van der Waals surface area contributed by atoms with Gasteiger partial charge in [0.2, 0.25) is 15.9 Å². The molecule has 0 spiro atoms. The van der Waals surface area contributed by atoms with Gasteiger partial charge in [0.25, 0.3) is 0 Å². The number of benzene rings is 2. The molecule has 1 fully saturated rings. The molecular weight excluding hydrogens is 432 g/mol. The highest BCUT2D eigenvalue weighted by Crippen LogP contribution is 2.26. The average Bonchev–Trinajstić information content (AvgIpc) is 2.83. The largest absolute Gasteiger partial charge is 0.497 e. The Morgan fingerprint density at radius 2 is 1.78 bits per heavy atom. The van der Waals surface area contributed by atoms with Crippen molar-refractivity contribution in [3.63, 3.8) is 0 Å². The molecule has 0 aromatic heterocycles. The van der Waals surface area contributed by atoms with Gasteiger partial charge >= 0.3 is 0 Å². The van der Waals surface area contributed by atoms with E-state index in [0.717, 1.165) is 11.3 Å². The van der Waals surface area contributed by atoms with E-state index in [1.807, 2.05) is 31.2 Å². The van der Waals surface area contributed by atoms with Crippen LogP contribution in [0.5, 0.6) is 11.5 Å². The van der Waals surface area contributed by atoms with Crippen LogP contribution in [0.4, 0.5) is 0 Å². The summed E-state index contributed by atoms with van der Waals surface area (Å²) in [5, 5.41) is 2.98. The number of methoxy groups -OCH3 is 2. The van der Waals surface area contributed by atoms with Crippen molar-refractivity contribution in [1.29, 1.82) is 0 Å². The Labute approximate surface area is 189 Å². The number of carbonyl (C=O) groups is 1. The second-order valence-corrected chi connectivity index (χ2v) is 9.49. The Bertz CT molecular complexity index is 1020. The third kappa shape index (κ3) is 5.79. The predicted molar refractivity (Wildman–Crippen MR) is 120 cm³/mol. The van der Waals surface area contributed by atoms with Gasteiger partial charge < -0.3 is 19.5 Å². The second kappa shape index (κ2) is 10.8. The fourth-order valence-corrected chi connectivity index (χ4v) is 5.04. The quantitative estimate of drug-likeness (QED) is 0.616. The van der Waals surface area contributed by atoms with Crippen LogP contribution in [0.25, 0.3) is 0 Å². The van der Waals surface area contributed by atoms with Gasteiger partial charge in [-0.15, -0.1) is 0 Å². The van der Waals surface area contributed by atoms with Crippen LogP contribution in [0.2, 0.25) is 0 Å². The summed E-state index contributed by atoms with van der Waals surface area (Å²) in [5.41, 5.74) is 1.64. The van der Waals surface area contributed by atoms with Crippen LogP contribution in [0, 0.1) is 0 Å². The van der Waals surface area contributed by atoms with E-state index >= 15 is 0 Å². The molecule has 2 aromatic carbocycles. The highest BCUT2D eigenvalue weighted by atomic mass is 32.2. The SMILES string of the molecule is COc1ccc([C@@H](C)NC(=O)CCc2cc(S(=O)(=O)N3CCOCC3)ccc2OC)cc1. The molecule has 0 aliphatic carbocycles. The van der Waals surface area contributed by atoms with Crippen LogP contribution < -0.4 is 14.8 Å². The van der Waals surface area contributed by atoms with E-state index in [1.54, 1.807) is 25.3 Å². The van der Waals surface area contributed by atoms with Crippen LogP contribution in [-0.2, 0) is 26.0 Å². The van der Waals surface area contributed by atoms with Crippen LogP contribution in [-0.4, -0.2) is 59.2 Å². The maximum Gasteiger partial charge on any atom is 0.243 e. The van der Waals surface area contributed by atoms with Crippen LogP contribution in [0.15, 0.2) is 47.4 Å². The number of nitrogens with zero attached hydrogens (tertiary/aromatic N) is 1. The first-order chi connectivity index (χ1) is 15.3. The summed E-state index contributed by atoms with van der Waals surface area (Å²) in [4.78, 5) is 12.7. The number of carbonyl (C=O) groups excluding carboxylic acids is 1. The zero-order valence-corrected chi connectivity index (χ0v) is 19.5. The molecule has 0 radical (unpaired) electrons. The number of rotatable bonds is 9. The zero-order valence-electron chi connectivity index (χ0n) is 18.7. The zero-order chi connectivity index (χ0) is 23.1. The Balaban J connectivity index is 1.66. The third-order valence-corrected chi connectivity index (χ3v) is 7.37. The van der Waals surface area contributed by atoms with Gasteiger partial charge in [-0.05, 0) is 54.8 Å². The number of hydrogen-bond donors (Lipinski definition) is 1. The molecule has 0 unspecified atom stereocenters. The van der Waals surface area contributed by atoms with E-state index in [-0.39, 0.29) is 23.3 Å². The van der Waals surface area contributed by atoms with Crippen molar-refractivity contribution in [2.75, 3.05) is 40.5 Å². The highest BCUT2D eigenvalue weighted by Gasteiger charge is 2.27. The first-order valence-corrected chi connectivity index (χ1v) is 12.0. The van der Waals surface area contributed by atoms with E-state index in [1.165, 1.54) is 11.4 Å². The number of sulfonamides is 1. The van der Waals surface area contributed by atoms with Crippen LogP contribution in [0.3, 0.4) is 0 Å². The normalized spacial score (nSPS) is 15.7. The van der Waals surface area contributed by atoms with Gasteiger partial charge in [0, 0.05) is 19.5 Å². The van der Waals surface area contributed by atoms with Gasteiger partial charge in [-0.2, -0.15) is 4.31 Å². The van der Waals surface area contributed by atoms with Crippen molar-refractivity contribution >= 4 is 15.9 Å². The minimum absolute atomic E-state index is 0.128. The maximum atomic E-state index is 13.0. The molecule has 1 atom stereocenters. The van der Waals surface area contributed by atoms with Crippen molar-refractivity contribution in [2.24, 2.45) is 0 Å². The van der Waals surface area contributed by atoms with E-state index in [4.69, 9.17) is 14.2 Å². The molecule has 1 aliphatic rings. The van der Waals surface area contributed by atoms with Gasteiger partial charge in [0.15, 0.2) is 0 Å². The maximum absolute atomic E-state index is 13.0. The summed E-state index contributed by atoms with van der Waals surface area (Å²) < 4.78 is 43.2. The molecule has 0 saturated carbocycles. The second-order valence-electron chi connectivity index (χ2n) is 7.55. The molecule has 3 rings (SSSR count). The topological polar surface area (TPSA) is 94.2 Å². The lowest BCUT2D eigenvalue weighted by molar-refractivity contribution is -0.121. The molecule has 8 nitrogen and oxygen atoms in total. The highest BCUT2D eigenvalue weighted by molar-refractivity contribution is 7.89. The Hall–Kier alpha value is -2.62. The summed E-state index contributed by atoms with van der Waals surface area (Å²) in [6, 6.07) is 12.1. The summed E-state index contributed by atoms with van der Waals surface area (Å²) in [5.74, 6) is 1.19. The van der Waals surface area contributed by atoms with Gasteiger partial charge in [-0.1, -0.05) is 12.1 Å². The molecule has 1 amide bonds. The average molecular weight is 463 g/mol. The molecule has 0 bridgehead atoms. The third-order valence-electron chi connectivity index (χ3n) is 5.47. The van der Waals surface area contributed by atoms with Crippen molar-refractivity contribution in [1.82, 2.24) is 9.62 Å².